The van der Waals surface area contributed by atoms with E-state index in [1.807, 2.05) is 6.92 Å². The monoisotopic (exact) mass is 217 g/mol. The van der Waals surface area contributed by atoms with Crippen LogP contribution in [0.25, 0.3) is 0 Å². The van der Waals surface area contributed by atoms with E-state index in [4.69, 9.17) is 10.2 Å². The lowest BCUT2D eigenvalue weighted by molar-refractivity contribution is -0.142. The minimum absolute atomic E-state index is 0.0820. The Labute approximate surface area is 91.7 Å². The van der Waals surface area contributed by atoms with Crippen molar-refractivity contribution in [1.29, 1.82) is 0 Å². The maximum atomic E-state index is 10.8. The lowest BCUT2D eigenvalue weighted by Crippen LogP contribution is -2.45. The molecule has 0 aromatic heterocycles. The maximum Gasteiger partial charge on any atom is 0.307 e. The summed E-state index contributed by atoms with van der Waals surface area (Å²) >= 11 is 0. The smallest absolute Gasteiger partial charge is 0.307 e. The van der Waals surface area contributed by atoms with E-state index in [1.165, 1.54) is 0 Å². The van der Waals surface area contributed by atoms with E-state index in [9.17, 15) is 4.79 Å². The van der Waals surface area contributed by atoms with Crippen molar-refractivity contribution in [2.75, 3.05) is 6.61 Å². The number of nitrogens with one attached hydrogen (secondary N) is 1. The molecule has 15 heavy (non-hydrogen) atoms. The van der Waals surface area contributed by atoms with Gasteiger partial charge in [-0.05, 0) is 19.3 Å². The molecule has 0 aromatic rings. The van der Waals surface area contributed by atoms with Crippen molar-refractivity contribution in [3.63, 3.8) is 0 Å². The van der Waals surface area contributed by atoms with Gasteiger partial charge in [-0.1, -0.05) is 20.8 Å². The normalized spacial score (nSPS) is 17.5. The Bertz CT molecular complexity index is 194. The first-order valence-electron chi connectivity index (χ1n) is 5.49. The Balaban J connectivity index is 4.21. The fourth-order valence-corrected chi connectivity index (χ4v) is 1.44. The molecule has 90 valence electrons. The molecule has 3 unspecified atom stereocenters. The van der Waals surface area contributed by atoms with Crippen LogP contribution in [0.15, 0.2) is 0 Å². The van der Waals surface area contributed by atoms with Crippen molar-refractivity contribution in [1.82, 2.24) is 5.32 Å². The van der Waals surface area contributed by atoms with Crippen LogP contribution in [0.5, 0.6) is 0 Å². The molecule has 0 aliphatic carbocycles. The molecule has 0 rings (SSSR count). The number of aliphatic carboxylic acids is 1. The molecule has 0 amide bonds. The molecule has 0 aliphatic heterocycles. The Morgan fingerprint density at radius 2 is 1.80 bits per heavy atom. The minimum Gasteiger partial charge on any atom is -0.481 e. The predicted molar refractivity (Wildman–Crippen MR) is 59.7 cm³/mol. The van der Waals surface area contributed by atoms with Gasteiger partial charge in [-0.3, -0.25) is 4.79 Å². The first-order chi connectivity index (χ1) is 6.90. The molecule has 4 nitrogen and oxygen atoms in total. The molecule has 0 radical (unpaired) electrons. The third kappa shape index (κ3) is 5.14. The van der Waals surface area contributed by atoms with Crippen molar-refractivity contribution in [2.24, 2.45) is 11.8 Å². The standard InChI is InChI=1S/C11H23NO3/c1-7(2)10(5-6-13)12-9(4)8(3)11(14)15/h7-10,12-13H,5-6H2,1-4H3,(H,14,15). The summed E-state index contributed by atoms with van der Waals surface area (Å²) in [4.78, 5) is 10.8. The summed E-state index contributed by atoms with van der Waals surface area (Å²) in [6.45, 7) is 7.81. The van der Waals surface area contributed by atoms with Gasteiger partial charge in [0.2, 0.25) is 0 Å². The minimum atomic E-state index is -0.790. The van der Waals surface area contributed by atoms with Gasteiger partial charge >= 0.3 is 5.97 Å². The van der Waals surface area contributed by atoms with E-state index in [1.54, 1.807) is 6.92 Å². The molecule has 4 heteroatoms. The summed E-state index contributed by atoms with van der Waals surface area (Å²) in [5.41, 5.74) is 0. The van der Waals surface area contributed by atoms with Gasteiger partial charge in [-0.2, -0.15) is 0 Å². The average Bonchev–Trinajstić information content (AvgIpc) is 2.15. The topological polar surface area (TPSA) is 69.6 Å². The fourth-order valence-electron chi connectivity index (χ4n) is 1.44. The molecule has 0 spiro atoms. The quantitative estimate of drug-likeness (QED) is 0.597. The Hall–Kier alpha value is -0.610. The highest BCUT2D eigenvalue weighted by Crippen LogP contribution is 2.10. The van der Waals surface area contributed by atoms with Crippen molar-refractivity contribution in [2.45, 2.75) is 46.2 Å². The molecular weight excluding hydrogens is 194 g/mol. The Morgan fingerprint density at radius 3 is 2.13 bits per heavy atom. The number of aliphatic hydroxyl groups is 1. The molecule has 0 fully saturated rings. The Morgan fingerprint density at radius 1 is 1.27 bits per heavy atom. The van der Waals surface area contributed by atoms with Crippen LogP contribution < -0.4 is 5.32 Å². The summed E-state index contributed by atoms with van der Waals surface area (Å²) in [6, 6.07) is 0.0910. The summed E-state index contributed by atoms with van der Waals surface area (Å²) in [5.74, 6) is -0.813. The van der Waals surface area contributed by atoms with Crippen LogP contribution in [-0.4, -0.2) is 34.9 Å². The van der Waals surface area contributed by atoms with Crippen LogP contribution in [0.3, 0.4) is 0 Å². The number of rotatable bonds is 7. The van der Waals surface area contributed by atoms with Crippen LogP contribution >= 0.6 is 0 Å². The number of hydrogen-bond donors (Lipinski definition) is 3. The summed E-state index contributed by atoms with van der Waals surface area (Å²) in [5, 5.41) is 21.0. The molecule has 0 saturated carbocycles. The summed E-state index contributed by atoms with van der Waals surface area (Å²) < 4.78 is 0. The molecule has 0 bridgehead atoms. The van der Waals surface area contributed by atoms with Gasteiger partial charge < -0.3 is 15.5 Å². The van der Waals surface area contributed by atoms with Crippen molar-refractivity contribution in [3.05, 3.63) is 0 Å². The molecule has 0 aromatic carbocycles. The van der Waals surface area contributed by atoms with Gasteiger partial charge in [0.05, 0.1) is 5.92 Å². The van der Waals surface area contributed by atoms with E-state index < -0.39 is 11.9 Å². The van der Waals surface area contributed by atoms with Crippen molar-refractivity contribution >= 4 is 5.97 Å². The zero-order valence-corrected chi connectivity index (χ0v) is 10.0. The second-order valence-corrected chi connectivity index (χ2v) is 4.45. The number of aliphatic hydroxyl groups excluding tert-OH is 1. The van der Waals surface area contributed by atoms with Gasteiger partial charge in [-0.25, -0.2) is 0 Å². The first-order valence-corrected chi connectivity index (χ1v) is 5.49. The molecule has 3 atom stereocenters. The van der Waals surface area contributed by atoms with Crippen LogP contribution in [0, 0.1) is 11.8 Å². The van der Waals surface area contributed by atoms with Crippen molar-refractivity contribution < 1.29 is 15.0 Å². The molecule has 0 aliphatic rings. The van der Waals surface area contributed by atoms with Gasteiger partial charge in [-0.15, -0.1) is 0 Å². The highest BCUT2D eigenvalue weighted by Gasteiger charge is 2.23. The largest absolute Gasteiger partial charge is 0.481 e. The van der Waals surface area contributed by atoms with Crippen LogP contribution in [-0.2, 0) is 4.79 Å². The lowest BCUT2D eigenvalue weighted by Gasteiger charge is -2.27. The van der Waals surface area contributed by atoms with Gasteiger partial charge in [0.25, 0.3) is 0 Å². The van der Waals surface area contributed by atoms with Gasteiger partial charge in [0, 0.05) is 18.7 Å². The van der Waals surface area contributed by atoms with Crippen LogP contribution in [0.4, 0.5) is 0 Å². The van der Waals surface area contributed by atoms with E-state index in [0.717, 1.165) is 0 Å². The second-order valence-electron chi connectivity index (χ2n) is 4.45. The highest BCUT2D eigenvalue weighted by molar-refractivity contribution is 5.70. The van der Waals surface area contributed by atoms with Gasteiger partial charge in [0.1, 0.15) is 0 Å². The Kier molecular flexibility index (Phi) is 6.52. The molecular formula is C11H23NO3. The zero-order chi connectivity index (χ0) is 12.0. The van der Waals surface area contributed by atoms with Gasteiger partial charge in [0.15, 0.2) is 0 Å². The summed E-state index contributed by atoms with van der Waals surface area (Å²) in [7, 11) is 0. The maximum absolute atomic E-state index is 10.8. The third-order valence-corrected chi connectivity index (χ3v) is 2.86. The fraction of sp³-hybridized carbons (Fsp3) is 0.909. The van der Waals surface area contributed by atoms with Crippen LogP contribution in [0.2, 0.25) is 0 Å². The van der Waals surface area contributed by atoms with E-state index >= 15 is 0 Å². The lowest BCUT2D eigenvalue weighted by atomic mass is 9.97. The molecule has 3 N–H and O–H groups in total. The SMILES string of the molecule is CC(C)C(CCO)NC(C)C(C)C(=O)O. The van der Waals surface area contributed by atoms with Crippen molar-refractivity contribution in [3.8, 4) is 0 Å². The average molecular weight is 217 g/mol. The molecule has 0 saturated heterocycles. The number of carboxylic acids is 1. The first kappa shape index (κ1) is 14.4. The van der Waals surface area contributed by atoms with E-state index in [2.05, 4.69) is 19.2 Å². The van der Waals surface area contributed by atoms with E-state index in [-0.39, 0.29) is 18.7 Å². The number of carboxylic acid groups (broad SMARTS) is 1. The summed E-state index contributed by atoms with van der Waals surface area (Å²) in [6.07, 6.45) is 0.661. The van der Waals surface area contributed by atoms with E-state index in [0.29, 0.717) is 12.3 Å². The third-order valence-electron chi connectivity index (χ3n) is 2.86. The number of hydrogen-bond acceptors (Lipinski definition) is 3. The molecule has 0 heterocycles. The highest BCUT2D eigenvalue weighted by atomic mass is 16.4. The zero-order valence-electron chi connectivity index (χ0n) is 10.0. The number of carbonyl (C=O) groups is 1. The van der Waals surface area contributed by atoms with Crippen LogP contribution in [0.1, 0.15) is 34.1 Å². The predicted octanol–water partition coefficient (Wildman–Crippen LogP) is 1.09. The second kappa shape index (κ2) is 6.80.